The van der Waals surface area contributed by atoms with Crippen molar-refractivity contribution in [2.75, 3.05) is 18.5 Å². The highest BCUT2D eigenvalue weighted by molar-refractivity contribution is 6.31. The molecule has 0 saturated heterocycles. The largest absolute Gasteiger partial charge is 0.389 e. The molecule has 1 aliphatic carbocycles. The molecule has 0 heterocycles. The number of aryl methyl sites for hydroxylation is 1. The Balaban J connectivity index is 1.69. The van der Waals surface area contributed by atoms with Crippen LogP contribution in [0.4, 0.5) is 5.69 Å². The summed E-state index contributed by atoms with van der Waals surface area (Å²) in [6.07, 6.45) is 4.60. The van der Waals surface area contributed by atoms with Gasteiger partial charge in [0.1, 0.15) is 0 Å². The molecule has 0 bridgehead atoms. The Morgan fingerprint density at radius 2 is 2.24 bits per heavy atom. The fourth-order valence-corrected chi connectivity index (χ4v) is 2.95. The summed E-state index contributed by atoms with van der Waals surface area (Å²) in [7, 11) is 0. The Kier molecular flexibility index (Phi) is 6.34. The van der Waals surface area contributed by atoms with Crippen LogP contribution in [0, 0.1) is 12.8 Å². The number of aliphatic hydroxyl groups is 1. The van der Waals surface area contributed by atoms with E-state index in [1.807, 2.05) is 25.1 Å². The minimum absolute atomic E-state index is 0.317. The summed E-state index contributed by atoms with van der Waals surface area (Å²) in [5.41, 5.74) is 1.98. The Morgan fingerprint density at radius 1 is 1.43 bits per heavy atom. The lowest BCUT2D eigenvalue weighted by molar-refractivity contribution is -0.0274. The average molecular weight is 312 g/mol. The lowest BCUT2D eigenvalue weighted by atomic mass is 9.89. The van der Waals surface area contributed by atoms with Crippen LogP contribution in [0.25, 0.3) is 0 Å². The molecule has 0 spiro atoms. The molecule has 1 aliphatic rings. The van der Waals surface area contributed by atoms with Crippen molar-refractivity contribution in [2.24, 2.45) is 5.92 Å². The van der Waals surface area contributed by atoms with Crippen LogP contribution in [0.1, 0.15) is 38.2 Å². The highest BCUT2D eigenvalue weighted by atomic mass is 35.5. The number of hydrogen-bond donors (Lipinski definition) is 2. The number of aliphatic hydroxyl groups excluding tert-OH is 1. The molecule has 1 aromatic carbocycles. The molecule has 0 aliphatic heterocycles. The van der Waals surface area contributed by atoms with Gasteiger partial charge in [0.25, 0.3) is 0 Å². The molecule has 0 aromatic heterocycles. The van der Waals surface area contributed by atoms with Gasteiger partial charge in [-0.25, -0.2) is 0 Å². The predicted molar refractivity (Wildman–Crippen MR) is 88.1 cm³/mol. The van der Waals surface area contributed by atoms with Crippen molar-refractivity contribution in [1.29, 1.82) is 0 Å². The van der Waals surface area contributed by atoms with E-state index in [1.54, 1.807) is 0 Å². The van der Waals surface area contributed by atoms with E-state index in [-0.39, 0.29) is 0 Å². The molecule has 118 valence electrons. The molecule has 3 atom stereocenters. The van der Waals surface area contributed by atoms with E-state index in [2.05, 4.69) is 12.2 Å². The fraction of sp³-hybridized carbons (Fsp3) is 0.647. The van der Waals surface area contributed by atoms with Gasteiger partial charge in [-0.3, -0.25) is 0 Å². The second-order valence-electron chi connectivity index (χ2n) is 6.23. The number of halogens is 1. The zero-order chi connectivity index (χ0) is 15.2. The molecule has 1 saturated carbocycles. The molecule has 2 rings (SSSR count). The van der Waals surface area contributed by atoms with E-state index in [4.69, 9.17) is 16.3 Å². The number of rotatable bonds is 6. The Labute approximate surface area is 132 Å². The summed E-state index contributed by atoms with van der Waals surface area (Å²) in [4.78, 5) is 0. The van der Waals surface area contributed by atoms with Crippen LogP contribution in [0.15, 0.2) is 18.2 Å². The second kappa shape index (κ2) is 8.02. The zero-order valence-corrected chi connectivity index (χ0v) is 13.7. The maximum absolute atomic E-state index is 10.0. The predicted octanol–water partition coefficient (Wildman–Crippen LogP) is 4.02. The topological polar surface area (TPSA) is 41.5 Å². The number of nitrogens with one attached hydrogen (secondary N) is 1. The van der Waals surface area contributed by atoms with Gasteiger partial charge in [0, 0.05) is 17.3 Å². The van der Waals surface area contributed by atoms with E-state index >= 15 is 0 Å². The van der Waals surface area contributed by atoms with Gasteiger partial charge in [0.15, 0.2) is 0 Å². The maximum Gasteiger partial charge on any atom is 0.0945 e. The first-order valence-electron chi connectivity index (χ1n) is 7.84. The maximum atomic E-state index is 10.0. The zero-order valence-electron chi connectivity index (χ0n) is 12.9. The molecule has 1 fully saturated rings. The summed E-state index contributed by atoms with van der Waals surface area (Å²) in [5, 5.41) is 13.9. The van der Waals surface area contributed by atoms with Crippen LogP contribution in [0.3, 0.4) is 0 Å². The van der Waals surface area contributed by atoms with Gasteiger partial charge in [0.2, 0.25) is 0 Å². The number of ether oxygens (including phenoxy) is 1. The Morgan fingerprint density at radius 3 is 2.95 bits per heavy atom. The van der Waals surface area contributed by atoms with Crippen LogP contribution in [-0.4, -0.2) is 30.5 Å². The smallest absolute Gasteiger partial charge is 0.0945 e. The minimum atomic E-state index is -0.498. The third-order valence-electron chi connectivity index (χ3n) is 4.13. The second-order valence-corrected chi connectivity index (χ2v) is 6.63. The van der Waals surface area contributed by atoms with E-state index in [0.29, 0.717) is 19.3 Å². The first-order chi connectivity index (χ1) is 10.0. The van der Waals surface area contributed by atoms with Crippen molar-refractivity contribution < 1.29 is 9.84 Å². The van der Waals surface area contributed by atoms with E-state index in [9.17, 15) is 5.11 Å². The van der Waals surface area contributed by atoms with Crippen molar-refractivity contribution >= 4 is 17.3 Å². The van der Waals surface area contributed by atoms with Gasteiger partial charge in [-0.1, -0.05) is 37.4 Å². The molecule has 4 heteroatoms. The normalized spacial score (nSPS) is 23.8. The minimum Gasteiger partial charge on any atom is -0.389 e. The van der Waals surface area contributed by atoms with E-state index < -0.39 is 6.10 Å². The molecule has 0 radical (unpaired) electrons. The molecule has 3 unspecified atom stereocenters. The van der Waals surface area contributed by atoms with Crippen LogP contribution in [0.2, 0.25) is 5.02 Å². The third-order valence-corrected chi connectivity index (χ3v) is 4.53. The van der Waals surface area contributed by atoms with Crippen molar-refractivity contribution in [3.63, 3.8) is 0 Å². The summed E-state index contributed by atoms with van der Waals surface area (Å²) >= 11 is 6.08. The van der Waals surface area contributed by atoms with Gasteiger partial charge in [-0.15, -0.1) is 0 Å². The number of hydrogen-bond acceptors (Lipinski definition) is 3. The number of benzene rings is 1. The quantitative estimate of drug-likeness (QED) is 0.834. The highest BCUT2D eigenvalue weighted by Crippen LogP contribution is 2.25. The van der Waals surface area contributed by atoms with Crippen molar-refractivity contribution in [1.82, 2.24) is 0 Å². The van der Waals surface area contributed by atoms with Crippen molar-refractivity contribution in [3.05, 3.63) is 28.8 Å². The van der Waals surface area contributed by atoms with Crippen LogP contribution < -0.4 is 5.32 Å². The lowest BCUT2D eigenvalue weighted by Crippen LogP contribution is -2.30. The van der Waals surface area contributed by atoms with Crippen molar-refractivity contribution in [2.45, 2.75) is 51.7 Å². The first kappa shape index (κ1) is 16.6. The summed E-state index contributed by atoms with van der Waals surface area (Å²) in [6.45, 7) is 5.11. The van der Waals surface area contributed by atoms with Crippen LogP contribution in [-0.2, 0) is 4.74 Å². The summed E-state index contributed by atoms with van der Waals surface area (Å²) in [6, 6.07) is 5.82. The molecular weight excluding hydrogens is 286 g/mol. The van der Waals surface area contributed by atoms with Crippen molar-refractivity contribution in [3.8, 4) is 0 Å². The summed E-state index contributed by atoms with van der Waals surface area (Å²) in [5.74, 6) is 0.744. The van der Waals surface area contributed by atoms with E-state index in [1.165, 1.54) is 12.8 Å². The number of anilines is 1. The SMILES string of the molecule is Cc1ccc(NCC(O)COC2CCCC(C)C2)cc1Cl. The average Bonchev–Trinajstić information content (AvgIpc) is 2.46. The summed E-state index contributed by atoms with van der Waals surface area (Å²) < 4.78 is 5.83. The monoisotopic (exact) mass is 311 g/mol. The highest BCUT2D eigenvalue weighted by Gasteiger charge is 2.20. The molecule has 21 heavy (non-hydrogen) atoms. The van der Waals surface area contributed by atoms with Gasteiger partial charge >= 0.3 is 0 Å². The molecule has 2 N–H and O–H groups in total. The molecule has 1 aromatic rings. The lowest BCUT2D eigenvalue weighted by Gasteiger charge is -2.27. The van der Waals surface area contributed by atoms with Crippen LogP contribution in [0.5, 0.6) is 0 Å². The van der Waals surface area contributed by atoms with Crippen LogP contribution >= 0.6 is 11.6 Å². The van der Waals surface area contributed by atoms with Gasteiger partial charge in [-0.2, -0.15) is 0 Å². The Hall–Kier alpha value is -0.770. The molecular formula is C17H26ClNO2. The molecule has 0 amide bonds. The van der Waals surface area contributed by atoms with Gasteiger partial charge in [-0.05, 0) is 43.4 Å². The third kappa shape index (κ3) is 5.50. The van der Waals surface area contributed by atoms with Gasteiger partial charge in [0.05, 0.1) is 18.8 Å². The fourth-order valence-electron chi connectivity index (χ4n) is 2.77. The first-order valence-corrected chi connectivity index (χ1v) is 8.22. The van der Waals surface area contributed by atoms with E-state index in [0.717, 1.165) is 35.0 Å². The molecule has 3 nitrogen and oxygen atoms in total. The standard InChI is InChI=1S/C17H26ClNO2/c1-12-4-3-5-16(8-12)21-11-15(20)10-19-14-7-6-13(2)17(18)9-14/h6-7,9,12,15-16,19-20H,3-5,8,10-11H2,1-2H3. The van der Waals surface area contributed by atoms with Gasteiger partial charge < -0.3 is 15.2 Å². The Bertz CT molecular complexity index is 452.